The van der Waals surface area contributed by atoms with Crippen molar-refractivity contribution in [2.75, 3.05) is 29.5 Å². The molecule has 218 valence electrons. The molecule has 2 amide bonds. The van der Waals surface area contributed by atoms with Crippen molar-refractivity contribution >= 4 is 58.3 Å². The van der Waals surface area contributed by atoms with Crippen LogP contribution in [0.15, 0.2) is 41.3 Å². The topological polar surface area (TPSA) is 125 Å². The molecule has 0 radical (unpaired) electrons. The Hall–Kier alpha value is -2.99. The maximum Gasteiger partial charge on any atom is 0.330 e. The van der Waals surface area contributed by atoms with E-state index in [0.717, 1.165) is 17.7 Å². The molecule has 2 aromatic carbocycles. The second kappa shape index (κ2) is 12.5. The quantitative estimate of drug-likeness (QED) is 0.337. The Bertz CT molecular complexity index is 1360. The van der Waals surface area contributed by atoms with Gasteiger partial charge in [0.25, 0.3) is 5.91 Å². The number of carbonyl (C=O) groups is 4. The molecule has 2 fully saturated rings. The number of nitrogens with one attached hydrogen (secondary N) is 2. The number of ether oxygens (including phenoxy) is 1. The van der Waals surface area contributed by atoms with Crippen molar-refractivity contribution in [3.63, 3.8) is 0 Å². The van der Waals surface area contributed by atoms with Gasteiger partial charge in [-0.15, -0.1) is 11.8 Å². The zero-order valence-electron chi connectivity index (χ0n) is 22.3. The number of carboxylic acid groups (broad SMARTS) is 1. The van der Waals surface area contributed by atoms with Gasteiger partial charge >= 0.3 is 11.9 Å². The van der Waals surface area contributed by atoms with E-state index in [4.69, 9.17) is 16.3 Å². The second-order valence-electron chi connectivity index (χ2n) is 10.6. The number of halogens is 2. The second-order valence-corrected chi connectivity index (χ2v) is 12.0. The molecule has 12 heteroatoms. The van der Waals surface area contributed by atoms with E-state index in [1.807, 2.05) is 6.07 Å². The molecule has 2 heterocycles. The molecule has 1 aliphatic carbocycles. The van der Waals surface area contributed by atoms with Crippen molar-refractivity contribution in [2.24, 2.45) is 5.92 Å². The molecule has 9 nitrogen and oxygen atoms in total. The first-order chi connectivity index (χ1) is 19.6. The Labute approximate surface area is 246 Å². The van der Waals surface area contributed by atoms with Crippen molar-refractivity contribution in [1.82, 2.24) is 4.90 Å². The molecule has 2 aliphatic heterocycles. The van der Waals surface area contributed by atoms with Gasteiger partial charge in [-0.25, -0.2) is 4.90 Å². The number of carboxylic acids is 1. The van der Waals surface area contributed by atoms with Crippen LogP contribution in [0, 0.1) is 5.92 Å². The number of carbonyl (C=O) groups excluding carboxylic acids is 3. The SMILES string of the molecule is O=C1CSc2cccc(C(=O)Nc3ccc(CC(=O)C(F)(OC4CCC(C(=O)O)CC4)N4CCCC4)cc3Cl)c2N1. The Balaban J connectivity index is 1.27. The van der Waals surface area contributed by atoms with Crippen LogP contribution >= 0.6 is 23.4 Å². The Morgan fingerprint density at radius 1 is 1.15 bits per heavy atom. The number of Topliss-reactive ketones (excluding diaryl/α,β-unsaturated/α-hetero) is 1. The zero-order chi connectivity index (χ0) is 29.1. The number of fused-ring (bicyclic) bond motifs is 1. The Kier molecular flexibility index (Phi) is 8.98. The van der Waals surface area contributed by atoms with Crippen LogP contribution in [0.1, 0.15) is 54.4 Å². The van der Waals surface area contributed by atoms with Crippen LogP contribution in [0.2, 0.25) is 5.02 Å². The lowest BCUT2D eigenvalue weighted by Crippen LogP contribution is -2.54. The van der Waals surface area contributed by atoms with Crippen molar-refractivity contribution in [3.8, 4) is 0 Å². The number of amides is 2. The summed E-state index contributed by atoms with van der Waals surface area (Å²) in [6, 6.07) is 9.82. The summed E-state index contributed by atoms with van der Waals surface area (Å²) in [6.45, 7) is 0.779. The number of para-hydroxylation sites is 1. The van der Waals surface area contributed by atoms with E-state index in [1.54, 1.807) is 24.3 Å². The summed E-state index contributed by atoms with van der Waals surface area (Å²) in [5, 5.41) is 14.9. The molecule has 0 spiro atoms. The van der Waals surface area contributed by atoms with Gasteiger partial charge in [0.05, 0.1) is 39.7 Å². The van der Waals surface area contributed by atoms with E-state index < -0.39 is 35.7 Å². The third kappa shape index (κ3) is 6.58. The van der Waals surface area contributed by atoms with Crippen LogP contribution in [0.4, 0.5) is 15.8 Å². The van der Waals surface area contributed by atoms with Gasteiger partial charge in [-0.3, -0.25) is 19.2 Å². The summed E-state index contributed by atoms with van der Waals surface area (Å²) >= 11 is 7.81. The first-order valence-corrected chi connectivity index (χ1v) is 15.0. The highest BCUT2D eigenvalue weighted by Gasteiger charge is 2.48. The summed E-state index contributed by atoms with van der Waals surface area (Å²) in [4.78, 5) is 51.8. The number of nitrogens with zero attached hydrogens (tertiary/aromatic N) is 1. The zero-order valence-corrected chi connectivity index (χ0v) is 23.9. The molecule has 0 bridgehead atoms. The monoisotopic (exact) mass is 603 g/mol. The van der Waals surface area contributed by atoms with Gasteiger partial charge in [-0.05, 0) is 68.4 Å². The van der Waals surface area contributed by atoms with Crippen molar-refractivity contribution in [1.29, 1.82) is 0 Å². The maximum atomic E-state index is 16.4. The number of anilines is 2. The maximum absolute atomic E-state index is 16.4. The van der Waals surface area contributed by atoms with Crippen LogP contribution in [-0.2, 0) is 25.5 Å². The average molecular weight is 604 g/mol. The highest BCUT2D eigenvalue weighted by atomic mass is 35.5. The number of thioether (sulfide) groups is 1. The van der Waals surface area contributed by atoms with Gasteiger partial charge < -0.3 is 20.5 Å². The molecule has 3 aliphatic rings. The highest BCUT2D eigenvalue weighted by Crippen LogP contribution is 2.36. The summed E-state index contributed by atoms with van der Waals surface area (Å²) in [6.07, 6.45) is 2.18. The smallest absolute Gasteiger partial charge is 0.330 e. The molecule has 5 rings (SSSR count). The van der Waals surface area contributed by atoms with Crippen LogP contribution in [0.5, 0.6) is 0 Å². The fourth-order valence-corrected chi connectivity index (χ4v) is 6.60. The number of alkyl halides is 1. The van der Waals surface area contributed by atoms with Gasteiger partial charge in [0.2, 0.25) is 11.7 Å². The van der Waals surface area contributed by atoms with E-state index in [0.29, 0.717) is 61.3 Å². The summed E-state index contributed by atoms with van der Waals surface area (Å²) in [5.74, 6) is -5.09. The summed E-state index contributed by atoms with van der Waals surface area (Å²) in [7, 11) is 0. The fraction of sp³-hybridized carbons (Fsp3) is 0.448. The highest BCUT2D eigenvalue weighted by molar-refractivity contribution is 8.00. The number of ketones is 1. The lowest BCUT2D eigenvalue weighted by Gasteiger charge is -2.37. The average Bonchev–Trinajstić information content (AvgIpc) is 3.50. The van der Waals surface area contributed by atoms with Gasteiger partial charge in [-0.1, -0.05) is 23.7 Å². The number of rotatable bonds is 9. The largest absolute Gasteiger partial charge is 0.481 e. The minimum absolute atomic E-state index is 0.172. The minimum atomic E-state index is -2.62. The van der Waals surface area contributed by atoms with E-state index in [1.165, 1.54) is 22.7 Å². The minimum Gasteiger partial charge on any atom is -0.481 e. The number of likely N-dealkylation sites (tertiary alicyclic amines) is 1. The Morgan fingerprint density at radius 2 is 1.88 bits per heavy atom. The predicted molar refractivity (Wildman–Crippen MR) is 153 cm³/mol. The standard InChI is InChI=1S/C29H31ClFN3O6S/c30-21-14-17(6-11-22(21)32-27(37)20-4-3-5-23-26(20)33-25(36)16-41-23)15-24(35)29(31,34-12-1-2-13-34)40-19-9-7-18(8-10-19)28(38)39/h3-6,11,14,18-19H,1-2,7-10,12-13,15-16H2,(H,32,37)(H,33,36)(H,38,39). The lowest BCUT2D eigenvalue weighted by atomic mass is 9.87. The van der Waals surface area contributed by atoms with Gasteiger partial charge in [0.1, 0.15) is 0 Å². The predicted octanol–water partition coefficient (Wildman–Crippen LogP) is 5.13. The third-order valence-electron chi connectivity index (χ3n) is 7.74. The normalized spacial score (nSPS) is 22.3. The lowest BCUT2D eigenvalue weighted by molar-refractivity contribution is -0.252. The first-order valence-electron chi connectivity index (χ1n) is 13.7. The molecule has 1 unspecified atom stereocenters. The molecule has 3 N–H and O–H groups in total. The molecule has 1 saturated heterocycles. The molecule has 2 aromatic rings. The number of aliphatic carboxylic acids is 1. The van der Waals surface area contributed by atoms with Crippen LogP contribution in [0.25, 0.3) is 0 Å². The van der Waals surface area contributed by atoms with Crippen molar-refractivity contribution < 1.29 is 33.4 Å². The molecular formula is C29H31ClFN3O6S. The Morgan fingerprint density at radius 3 is 2.56 bits per heavy atom. The summed E-state index contributed by atoms with van der Waals surface area (Å²) < 4.78 is 22.3. The molecular weight excluding hydrogens is 573 g/mol. The molecule has 41 heavy (non-hydrogen) atoms. The van der Waals surface area contributed by atoms with E-state index in [2.05, 4.69) is 10.6 Å². The molecule has 1 atom stereocenters. The van der Waals surface area contributed by atoms with Crippen LogP contribution < -0.4 is 10.6 Å². The summed E-state index contributed by atoms with van der Waals surface area (Å²) in [5.41, 5.74) is 1.50. The van der Waals surface area contributed by atoms with E-state index in [9.17, 15) is 24.3 Å². The van der Waals surface area contributed by atoms with Crippen LogP contribution in [-0.4, -0.2) is 64.5 Å². The van der Waals surface area contributed by atoms with Gasteiger partial charge in [0, 0.05) is 24.4 Å². The van der Waals surface area contributed by atoms with Crippen LogP contribution in [0.3, 0.4) is 0 Å². The van der Waals surface area contributed by atoms with Crippen molar-refractivity contribution in [3.05, 3.63) is 52.5 Å². The molecule has 0 aromatic heterocycles. The third-order valence-corrected chi connectivity index (χ3v) is 9.11. The number of hydrogen-bond acceptors (Lipinski definition) is 7. The number of benzene rings is 2. The molecule has 1 saturated carbocycles. The van der Waals surface area contributed by atoms with Gasteiger partial charge in [0.15, 0.2) is 0 Å². The van der Waals surface area contributed by atoms with E-state index >= 15 is 4.39 Å². The fourth-order valence-electron chi connectivity index (χ4n) is 5.51. The van der Waals surface area contributed by atoms with Gasteiger partial charge in [-0.2, -0.15) is 4.39 Å². The first kappa shape index (κ1) is 29.5. The van der Waals surface area contributed by atoms with E-state index in [-0.39, 0.29) is 23.1 Å². The van der Waals surface area contributed by atoms with Crippen molar-refractivity contribution in [2.45, 2.75) is 61.9 Å². The number of hydrogen-bond donors (Lipinski definition) is 3.